The number of pyridine rings is 2. The molecule has 0 amide bonds. The molecule has 0 aliphatic carbocycles. The number of carboxylic acid groups (broad SMARTS) is 1. The van der Waals surface area contributed by atoms with Crippen LogP contribution in [-0.2, 0) is 22.8 Å². The minimum Gasteiger partial charge on any atom is -0.480 e. The van der Waals surface area contributed by atoms with Gasteiger partial charge >= 0.3 is 18.3 Å². The Balaban J connectivity index is 1.58. The van der Waals surface area contributed by atoms with E-state index in [9.17, 15) is 36.2 Å². The van der Waals surface area contributed by atoms with Gasteiger partial charge in [-0.25, -0.2) is 9.98 Å². The van der Waals surface area contributed by atoms with Gasteiger partial charge in [0.05, 0.1) is 23.2 Å². The molecule has 8 nitrogen and oxygen atoms in total. The van der Waals surface area contributed by atoms with Crippen LogP contribution in [0.2, 0.25) is 0 Å². The summed E-state index contributed by atoms with van der Waals surface area (Å²) in [6.07, 6.45) is -5.72. The Kier molecular flexibility index (Phi) is 6.90. The van der Waals surface area contributed by atoms with Crippen LogP contribution >= 0.6 is 0 Å². The molecule has 40 heavy (non-hydrogen) atoms. The second-order valence-corrected chi connectivity index (χ2v) is 9.42. The minimum absolute atomic E-state index is 0.00537. The Labute approximate surface area is 223 Å². The van der Waals surface area contributed by atoms with Crippen LogP contribution in [0.4, 0.5) is 37.8 Å². The standard InChI is InChI=1S/C26H22F6N6O2/c27-25(28,29)15-5-7-16(8-6-15)37-24(13-38-12-2-4-20(38)23(39)40)18-9-10-19(36-22(18)34-14-35-24)21-17(26(30,31)32)3-1-11-33-21/h1,3,5-11,14,20,37H,2,4,12-13H2,(H,39,40)(H,34,35,36)/t20-,24?/m0/s1. The van der Waals surface area contributed by atoms with Crippen molar-refractivity contribution in [1.29, 1.82) is 0 Å². The van der Waals surface area contributed by atoms with Crippen molar-refractivity contribution in [1.82, 2.24) is 14.9 Å². The van der Waals surface area contributed by atoms with Crippen LogP contribution in [0.25, 0.3) is 11.4 Å². The van der Waals surface area contributed by atoms with E-state index in [1.165, 1.54) is 42.9 Å². The lowest BCUT2D eigenvalue weighted by molar-refractivity contribution is -0.142. The summed E-state index contributed by atoms with van der Waals surface area (Å²) in [6, 6.07) is 8.36. The Morgan fingerprint density at radius 3 is 2.50 bits per heavy atom. The summed E-state index contributed by atoms with van der Waals surface area (Å²) < 4.78 is 80.3. The summed E-state index contributed by atoms with van der Waals surface area (Å²) in [5.74, 6) is -0.889. The van der Waals surface area contributed by atoms with Gasteiger partial charge in [-0.3, -0.25) is 14.7 Å². The number of nitrogens with one attached hydrogen (secondary N) is 2. The molecule has 2 aliphatic rings. The average Bonchev–Trinajstić information content (AvgIpc) is 3.36. The highest BCUT2D eigenvalue weighted by Gasteiger charge is 2.43. The lowest BCUT2D eigenvalue weighted by Crippen LogP contribution is -2.50. The summed E-state index contributed by atoms with van der Waals surface area (Å²) in [6.45, 7) is 0.425. The zero-order valence-electron chi connectivity index (χ0n) is 20.6. The van der Waals surface area contributed by atoms with E-state index in [1.54, 1.807) is 4.90 Å². The van der Waals surface area contributed by atoms with Gasteiger partial charge in [-0.1, -0.05) is 0 Å². The first kappa shape index (κ1) is 27.4. The number of nitrogens with zero attached hydrogens (tertiary/aromatic N) is 4. The van der Waals surface area contributed by atoms with E-state index in [1.807, 2.05) is 0 Å². The molecule has 210 valence electrons. The van der Waals surface area contributed by atoms with Crippen molar-refractivity contribution in [2.24, 2.45) is 4.99 Å². The number of fused-ring (bicyclic) bond motifs is 1. The van der Waals surface area contributed by atoms with Crippen LogP contribution in [0.5, 0.6) is 0 Å². The maximum atomic E-state index is 13.6. The highest BCUT2D eigenvalue weighted by Crippen LogP contribution is 2.40. The number of aromatic nitrogens is 2. The van der Waals surface area contributed by atoms with Crippen molar-refractivity contribution in [3.05, 3.63) is 71.4 Å². The zero-order valence-corrected chi connectivity index (χ0v) is 20.6. The molecule has 1 fully saturated rings. The fraction of sp³-hybridized carbons (Fsp3) is 0.308. The zero-order chi connectivity index (χ0) is 28.7. The van der Waals surface area contributed by atoms with Gasteiger partial charge in [0.2, 0.25) is 0 Å². The third kappa shape index (κ3) is 5.30. The van der Waals surface area contributed by atoms with Gasteiger partial charge in [0.1, 0.15) is 17.6 Å². The second-order valence-electron chi connectivity index (χ2n) is 9.42. The molecule has 1 unspecified atom stereocenters. The molecule has 1 aromatic carbocycles. The van der Waals surface area contributed by atoms with Gasteiger partial charge in [-0.15, -0.1) is 0 Å². The predicted octanol–water partition coefficient (Wildman–Crippen LogP) is 5.45. The van der Waals surface area contributed by atoms with Gasteiger partial charge in [-0.05, 0) is 67.9 Å². The fourth-order valence-electron chi connectivity index (χ4n) is 4.98. The molecule has 0 radical (unpaired) electrons. The molecule has 4 heterocycles. The maximum absolute atomic E-state index is 13.6. The molecule has 2 aliphatic heterocycles. The van der Waals surface area contributed by atoms with E-state index in [0.717, 1.165) is 18.2 Å². The maximum Gasteiger partial charge on any atom is 0.418 e. The first-order valence-corrected chi connectivity index (χ1v) is 12.1. The van der Waals surface area contributed by atoms with Crippen molar-refractivity contribution in [2.75, 3.05) is 23.7 Å². The number of aliphatic carboxylic acids is 1. The molecule has 5 rings (SSSR count). The Morgan fingerprint density at radius 1 is 1.07 bits per heavy atom. The molecule has 3 N–H and O–H groups in total. The quantitative estimate of drug-likeness (QED) is 0.342. The fourth-order valence-corrected chi connectivity index (χ4v) is 4.98. The molecule has 0 spiro atoms. The molecular weight excluding hydrogens is 542 g/mol. The molecule has 14 heteroatoms. The third-order valence-corrected chi connectivity index (χ3v) is 6.83. The van der Waals surface area contributed by atoms with Crippen LogP contribution in [0, 0.1) is 0 Å². The topological polar surface area (TPSA) is 103 Å². The number of carbonyl (C=O) groups is 1. The van der Waals surface area contributed by atoms with Crippen molar-refractivity contribution >= 4 is 23.8 Å². The van der Waals surface area contributed by atoms with Crippen molar-refractivity contribution in [3.63, 3.8) is 0 Å². The highest BCUT2D eigenvalue weighted by molar-refractivity contribution is 5.82. The van der Waals surface area contributed by atoms with Gasteiger partial charge in [0.25, 0.3) is 0 Å². The van der Waals surface area contributed by atoms with Crippen molar-refractivity contribution in [2.45, 2.75) is 36.9 Å². The van der Waals surface area contributed by atoms with E-state index >= 15 is 0 Å². The molecule has 0 bridgehead atoms. The number of anilines is 2. The SMILES string of the molecule is O=C(O)[C@@H]1CCCN1CC1(Nc2ccc(C(F)(F)F)cc2)N=CNc2nc(-c3ncccc3C(F)(F)F)ccc21. The van der Waals surface area contributed by atoms with Crippen LogP contribution in [-0.4, -0.2) is 51.4 Å². The number of benzene rings is 1. The van der Waals surface area contributed by atoms with Crippen molar-refractivity contribution < 1.29 is 36.2 Å². The Morgan fingerprint density at radius 2 is 1.82 bits per heavy atom. The van der Waals surface area contributed by atoms with Crippen LogP contribution < -0.4 is 10.6 Å². The number of halogens is 6. The number of aliphatic imine (C=N–C) groups is 1. The highest BCUT2D eigenvalue weighted by atomic mass is 19.4. The van der Waals surface area contributed by atoms with Crippen molar-refractivity contribution in [3.8, 4) is 11.4 Å². The summed E-state index contributed by atoms with van der Waals surface area (Å²) in [5.41, 5.74) is -3.08. The van der Waals surface area contributed by atoms with Crippen LogP contribution in [0.1, 0.15) is 29.5 Å². The van der Waals surface area contributed by atoms with E-state index < -0.39 is 41.2 Å². The number of hydrogen-bond acceptors (Lipinski definition) is 7. The second kappa shape index (κ2) is 10.1. The largest absolute Gasteiger partial charge is 0.480 e. The Bertz CT molecular complexity index is 1440. The van der Waals surface area contributed by atoms with Gasteiger partial charge in [0.15, 0.2) is 5.66 Å². The van der Waals surface area contributed by atoms with Gasteiger partial charge < -0.3 is 15.7 Å². The summed E-state index contributed by atoms with van der Waals surface area (Å²) >= 11 is 0. The Hall–Kier alpha value is -4.20. The predicted molar refractivity (Wildman–Crippen MR) is 134 cm³/mol. The minimum atomic E-state index is -4.68. The van der Waals surface area contributed by atoms with Gasteiger partial charge in [0, 0.05) is 24.0 Å². The molecule has 0 saturated carbocycles. The average molecular weight is 564 g/mol. The third-order valence-electron chi connectivity index (χ3n) is 6.83. The first-order chi connectivity index (χ1) is 18.9. The molecule has 2 atom stereocenters. The number of carboxylic acids is 1. The van der Waals surface area contributed by atoms with Gasteiger partial charge in [-0.2, -0.15) is 26.3 Å². The number of hydrogen-bond donors (Lipinski definition) is 3. The van der Waals surface area contributed by atoms with E-state index in [2.05, 4.69) is 25.6 Å². The van der Waals surface area contributed by atoms with E-state index in [-0.39, 0.29) is 29.4 Å². The summed E-state index contributed by atoms with van der Waals surface area (Å²) in [7, 11) is 0. The smallest absolute Gasteiger partial charge is 0.418 e. The number of alkyl halides is 6. The summed E-state index contributed by atoms with van der Waals surface area (Å²) in [4.78, 5) is 26.4. The molecule has 1 saturated heterocycles. The molecule has 2 aromatic heterocycles. The molecular formula is C26H22F6N6O2. The number of rotatable bonds is 6. The van der Waals surface area contributed by atoms with E-state index in [4.69, 9.17) is 0 Å². The lowest BCUT2D eigenvalue weighted by Gasteiger charge is -2.39. The number of likely N-dealkylation sites (tertiary alicyclic amines) is 1. The monoisotopic (exact) mass is 564 g/mol. The van der Waals surface area contributed by atoms with Crippen LogP contribution in [0.3, 0.4) is 0 Å². The van der Waals surface area contributed by atoms with E-state index in [0.29, 0.717) is 24.9 Å². The van der Waals surface area contributed by atoms with Crippen LogP contribution in [0.15, 0.2) is 59.7 Å². The first-order valence-electron chi connectivity index (χ1n) is 12.1. The summed E-state index contributed by atoms with van der Waals surface area (Å²) in [5, 5.41) is 15.7. The molecule has 3 aromatic rings. The normalized spacial score (nSPS) is 21.1. The lowest BCUT2D eigenvalue weighted by atomic mass is 9.96.